The summed E-state index contributed by atoms with van der Waals surface area (Å²) in [4.78, 5) is 18.2. The fourth-order valence-electron chi connectivity index (χ4n) is 3.04. The molecule has 0 aliphatic carbocycles. The maximum atomic E-state index is 12.4. The monoisotopic (exact) mass is 420 g/mol. The molecule has 1 fully saturated rings. The van der Waals surface area contributed by atoms with E-state index in [9.17, 15) is 18.0 Å². The minimum Gasteiger partial charge on any atom is -0.406 e. The van der Waals surface area contributed by atoms with E-state index in [1.165, 1.54) is 24.4 Å². The maximum absolute atomic E-state index is 12.4. The van der Waals surface area contributed by atoms with E-state index < -0.39 is 11.5 Å². The topological polar surface area (TPSA) is 66.3 Å². The predicted molar refractivity (Wildman–Crippen MR) is 102 cm³/mol. The van der Waals surface area contributed by atoms with Gasteiger partial charge in [0.2, 0.25) is 5.91 Å². The Labute approximate surface area is 169 Å². The second-order valence-electron chi connectivity index (χ2n) is 6.59. The Kier molecular flexibility index (Phi) is 5.50. The first kappa shape index (κ1) is 19.4. The molecule has 1 unspecified atom stereocenters. The van der Waals surface area contributed by atoms with Crippen molar-refractivity contribution in [2.75, 3.05) is 13.6 Å². The lowest BCUT2D eigenvalue weighted by Gasteiger charge is -2.17. The van der Waals surface area contributed by atoms with Gasteiger partial charge in [0.15, 0.2) is 1.41 Å². The zero-order valence-electron chi connectivity index (χ0n) is 16.4. The van der Waals surface area contributed by atoms with Gasteiger partial charge in [-0.05, 0) is 47.7 Å². The molecule has 5 nitrogen and oxygen atoms in total. The van der Waals surface area contributed by atoms with Gasteiger partial charge in [0.1, 0.15) is 16.6 Å². The van der Waals surface area contributed by atoms with Gasteiger partial charge in [0.25, 0.3) is 0 Å². The quantitative estimate of drug-likeness (QED) is 0.576. The van der Waals surface area contributed by atoms with E-state index in [0.717, 1.165) is 0 Å². The standard InChI is InChI=1S/C20H17F3N3O2P/c1-26-11-9-19(29-24,18(26)27)8-3-5-16-12-15(7-10-25-16)14-4-2-6-17(13-14)28-20(21,22)23/h2,4,6-7,10,12-13,24H,8-9,11H2,1H3/i/hD. The summed E-state index contributed by atoms with van der Waals surface area (Å²) in [5.74, 6) is 5.46. The van der Waals surface area contributed by atoms with E-state index in [2.05, 4.69) is 26.7 Å². The highest BCUT2D eigenvalue weighted by Crippen LogP contribution is 2.37. The van der Waals surface area contributed by atoms with Crippen molar-refractivity contribution >= 4 is 14.3 Å². The fourth-order valence-corrected chi connectivity index (χ4v) is 3.65. The van der Waals surface area contributed by atoms with E-state index in [-0.39, 0.29) is 18.1 Å². The van der Waals surface area contributed by atoms with Gasteiger partial charge in [-0.25, -0.2) is 4.98 Å². The number of halogens is 3. The largest absolute Gasteiger partial charge is 0.573 e. The molecule has 29 heavy (non-hydrogen) atoms. The molecule has 1 aliphatic heterocycles. The van der Waals surface area contributed by atoms with Crippen LogP contribution in [0.1, 0.15) is 18.5 Å². The van der Waals surface area contributed by atoms with E-state index in [1.54, 1.807) is 30.1 Å². The molecule has 0 radical (unpaired) electrons. The van der Waals surface area contributed by atoms with Gasteiger partial charge >= 0.3 is 6.36 Å². The van der Waals surface area contributed by atoms with Crippen molar-refractivity contribution in [2.24, 2.45) is 0 Å². The number of nitrogens with one attached hydrogen (secondary N) is 1. The molecule has 1 aromatic carbocycles. The van der Waals surface area contributed by atoms with E-state index in [4.69, 9.17) is 1.41 Å². The number of hydrogen-bond acceptors (Lipinski definition) is 4. The Morgan fingerprint density at radius 3 is 2.86 bits per heavy atom. The number of carbonyl (C=O) groups is 1. The maximum Gasteiger partial charge on any atom is 0.573 e. The van der Waals surface area contributed by atoms with Crippen molar-refractivity contribution < 1.29 is 24.1 Å². The molecule has 1 aromatic heterocycles. The Morgan fingerprint density at radius 2 is 2.17 bits per heavy atom. The van der Waals surface area contributed by atoms with Crippen LogP contribution in [-0.4, -0.2) is 40.9 Å². The average Bonchev–Trinajstić information content (AvgIpc) is 2.96. The number of pyridine rings is 1. The highest BCUT2D eigenvalue weighted by Gasteiger charge is 2.44. The number of ether oxygens (including phenoxy) is 1. The van der Waals surface area contributed by atoms with Crippen LogP contribution in [0.5, 0.6) is 5.75 Å². The number of benzene rings is 1. The minimum atomic E-state index is -4.76. The first-order chi connectivity index (χ1) is 14.2. The third-order valence-corrected chi connectivity index (χ3v) is 5.51. The third-order valence-electron chi connectivity index (χ3n) is 4.56. The van der Waals surface area contributed by atoms with Crippen molar-refractivity contribution in [3.05, 3.63) is 48.3 Å². The number of likely N-dealkylation sites (tertiary alicyclic amines) is 1. The predicted octanol–water partition coefficient (Wildman–Crippen LogP) is 4.70. The summed E-state index contributed by atoms with van der Waals surface area (Å²) < 4.78 is 48.5. The van der Waals surface area contributed by atoms with Crippen LogP contribution in [0.25, 0.3) is 11.1 Å². The lowest BCUT2D eigenvalue weighted by atomic mass is 10.0. The smallest absolute Gasteiger partial charge is 0.406 e. The molecular formula is C20H17F3N3O2P. The molecule has 150 valence electrons. The third kappa shape index (κ3) is 4.93. The second kappa shape index (κ2) is 8.22. The van der Waals surface area contributed by atoms with Crippen molar-refractivity contribution in [3.63, 3.8) is 0 Å². The molecule has 3 rings (SSSR count). The number of nitrogens with zero attached hydrogens (tertiary/aromatic N) is 2. The Hall–Kier alpha value is -2.91. The highest BCUT2D eigenvalue weighted by atomic mass is 31.1. The van der Waals surface area contributed by atoms with Crippen molar-refractivity contribution in [1.29, 1.82) is 5.15 Å². The van der Waals surface area contributed by atoms with Crippen LogP contribution in [0.15, 0.2) is 42.6 Å². The summed E-state index contributed by atoms with van der Waals surface area (Å²) in [6, 6.07) is 8.96. The molecule has 1 N–H and O–H groups in total. The number of hydrogen-bond donors (Lipinski definition) is 1. The van der Waals surface area contributed by atoms with Gasteiger partial charge in [-0.15, -0.1) is 13.2 Å². The summed E-state index contributed by atoms with van der Waals surface area (Å²) in [7, 11) is 2.07. The molecule has 2 heterocycles. The lowest BCUT2D eigenvalue weighted by Crippen LogP contribution is -2.33. The van der Waals surface area contributed by atoms with Crippen LogP contribution in [0, 0.1) is 17.0 Å². The Bertz CT molecular complexity index is 1040. The molecule has 1 saturated heterocycles. The molecule has 9 heteroatoms. The van der Waals surface area contributed by atoms with Gasteiger partial charge in [-0.1, -0.05) is 18.1 Å². The van der Waals surface area contributed by atoms with Crippen molar-refractivity contribution in [3.8, 4) is 28.7 Å². The molecule has 0 spiro atoms. The van der Waals surface area contributed by atoms with Gasteiger partial charge in [0.05, 0.1) is 0 Å². The van der Waals surface area contributed by atoms with Gasteiger partial charge in [-0.2, -0.15) is 0 Å². The summed E-state index contributed by atoms with van der Waals surface area (Å²) in [5.41, 5.74) is 1.58. The molecule has 1 aliphatic rings. The zero-order chi connectivity index (χ0) is 21.8. The fraction of sp³-hybridized carbons (Fsp3) is 0.300. The summed E-state index contributed by atoms with van der Waals surface area (Å²) >= 11 is 0. The van der Waals surface area contributed by atoms with Crippen LogP contribution >= 0.6 is 8.37 Å². The highest BCUT2D eigenvalue weighted by molar-refractivity contribution is 7.29. The van der Waals surface area contributed by atoms with Crippen LogP contribution in [0.2, 0.25) is 1.41 Å². The minimum absolute atomic E-state index is 0.0855. The Morgan fingerprint density at radius 1 is 1.38 bits per heavy atom. The average molecular weight is 420 g/mol. The summed E-state index contributed by atoms with van der Waals surface area (Å²) in [6.07, 6.45) is -2.44. The number of alkyl halides is 3. The molecule has 1 atom stereocenters. The van der Waals surface area contributed by atoms with Crippen LogP contribution in [0.4, 0.5) is 13.2 Å². The molecule has 0 saturated carbocycles. The Balaban J connectivity index is 1.81. The van der Waals surface area contributed by atoms with Crippen LogP contribution in [0.3, 0.4) is 0 Å². The van der Waals surface area contributed by atoms with E-state index in [1.807, 2.05) is 0 Å². The van der Waals surface area contributed by atoms with Crippen LogP contribution in [-0.2, 0) is 4.79 Å². The van der Waals surface area contributed by atoms with Crippen molar-refractivity contribution in [2.45, 2.75) is 24.4 Å². The summed E-state index contributed by atoms with van der Waals surface area (Å²) in [6.45, 7) is 0.590. The number of amides is 1. The first-order valence-corrected chi connectivity index (χ1v) is 9.50. The lowest BCUT2D eigenvalue weighted by molar-refractivity contribution is -0.274. The molecular weight excluding hydrogens is 402 g/mol. The van der Waals surface area contributed by atoms with E-state index >= 15 is 0 Å². The van der Waals surface area contributed by atoms with Crippen molar-refractivity contribution in [1.82, 2.24) is 9.88 Å². The molecule has 1 amide bonds. The van der Waals surface area contributed by atoms with E-state index in [0.29, 0.717) is 38.2 Å². The van der Waals surface area contributed by atoms with Gasteiger partial charge < -0.3 is 9.64 Å². The first-order valence-electron chi connectivity index (χ1n) is 9.10. The normalized spacial score (nSPS) is 19.8. The zero-order valence-corrected chi connectivity index (χ0v) is 16.3. The SMILES string of the molecule is [2H]/N=P/C1(CC#Cc2cc(-c3cccc(OC(F)(F)F)c3)ccn2)CCN(C)C1=O. The summed E-state index contributed by atoms with van der Waals surface area (Å²) in [5, 5.41) is 2.57. The number of aromatic nitrogens is 1. The van der Waals surface area contributed by atoms with Crippen LogP contribution < -0.4 is 4.74 Å². The molecule has 2 aromatic rings. The number of carbonyl (C=O) groups excluding carboxylic acids is 1. The molecule has 0 bridgehead atoms. The second-order valence-corrected chi connectivity index (χ2v) is 7.65. The number of rotatable bonds is 4. The van der Waals surface area contributed by atoms with Gasteiger partial charge in [0, 0.05) is 34.6 Å². The van der Waals surface area contributed by atoms with Gasteiger partial charge in [-0.3, -0.25) is 9.95 Å².